The van der Waals surface area contributed by atoms with Crippen molar-refractivity contribution >= 4 is 5.91 Å². The van der Waals surface area contributed by atoms with Crippen molar-refractivity contribution in [1.82, 2.24) is 10.2 Å². The van der Waals surface area contributed by atoms with Gasteiger partial charge in [-0.2, -0.15) is 0 Å². The molecule has 0 aromatic carbocycles. The van der Waals surface area contributed by atoms with Gasteiger partial charge in [0.1, 0.15) is 0 Å². The summed E-state index contributed by atoms with van der Waals surface area (Å²) in [5.74, 6) is 0.0448. The van der Waals surface area contributed by atoms with Crippen LogP contribution < -0.4 is 5.32 Å². The highest BCUT2D eigenvalue weighted by Gasteiger charge is 2.30. The minimum absolute atomic E-state index is 0.0448. The molecule has 2 fully saturated rings. The molecular weight excluding hydrogens is 196 g/mol. The molecule has 0 radical (unpaired) electrons. The number of hydrogen-bond acceptors (Lipinski definition) is 4. The molecule has 86 valence electrons. The largest absolute Gasteiger partial charge is 0.376 e. The van der Waals surface area contributed by atoms with Crippen molar-refractivity contribution in [2.45, 2.75) is 18.6 Å². The number of hydrogen-bond donors (Lipinski definition) is 1. The van der Waals surface area contributed by atoms with Crippen molar-refractivity contribution in [3.63, 3.8) is 0 Å². The molecule has 5 heteroatoms. The molecule has 2 heterocycles. The second-order valence-electron chi connectivity index (χ2n) is 4.03. The van der Waals surface area contributed by atoms with E-state index in [1.165, 1.54) is 0 Å². The number of ether oxygens (including phenoxy) is 2. The van der Waals surface area contributed by atoms with Gasteiger partial charge >= 0.3 is 0 Å². The molecule has 5 nitrogen and oxygen atoms in total. The fraction of sp³-hybridized carbons (Fsp3) is 0.900. The van der Waals surface area contributed by atoms with Crippen LogP contribution in [-0.2, 0) is 14.3 Å². The summed E-state index contributed by atoms with van der Waals surface area (Å²) in [6.45, 7) is 3.38. The minimum atomic E-state index is -0.399. The number of amides is 1. The molecule has 1 amide bonds. The van der Waals surface area contributed by atoms with E-state index in [-0.39, 0.29) is 5.91 Å². The first kappa shape index (κ1) is 10.9. The molecule has 0 saturated carbocycles. The highest BCUT2D eigenvalue weighted by Crippen LogP contribution is 2.11. The Labute approximate surface area is 89.7 Å². The van der Waals surface area contributed by atoms with Crippen LogP contribution in [0.5, 0.6) is 0 Å². The maximum atomic E-state index is 12.0. The zero-order chi connectivity index (χ0) is 10.7. The Kier molecular flexibility index (Phi) is 3.56. The van der Waals surface area contributed by atoms with E-state index in [4.69, 9.17) is 9.47 Å². The summed E-state index contributed by atoms with van der Waals surface area (Å²) in [7, 11) is 1.85. The van der Waals surface area contributed by atoms with Crippen LogP contribution >= 0.6 is 0 Å². The Hall–Kier alpha value is -0.650. The molecule has 0 spiro atoms. The third-order valence-electron chi connectivity index (χ3n) is 3.02. The topological polar surface area (TPSA) is 50.8 Å². The average Bonchev–Trinajstić information content (AvgIpc) is 2.82. The summed E-state index contributed by atoms with van der Waals surface area (Å²) in [5, 5.41) is 3.25. The number of rotatable bonds is 2. The first-order valence-corrected chi connectivity index (χ1v) is 5.46. The molecule has 2 rings (SSSR count). The van der Waals surface area contributed by atoms with E-state index in [0.717, 1.165) is 19.5 Å². The van der Waals surface area contributed by atoms with Gasteiger partial charge in [0, 0.05) is 19.6 Å². The molecule has 2 atom stereocenters. The fourth-order valence-electron chi connectivity index (χ4n) is 2.01. The van der Waals surface area contributed by atoms with Crippen molar-refractivity contribution in [2.24, 2.45) is 0 Å². The van der Waals surface area contributed by atoms with Crippen molar-refractivity contribution in [3.8, 4) is 0 Å². The van der Waals surface area contributed by atoms with Crippen molar-refractivity contribution in [3.05, 3.63) is 0 Å². The lowest BCUT2D eigenvalue weighted by atomic mass is 10.2. The third kappa shape index (κ3) is 2.48. The van der Waals surface area contributed by atoms with Gasteiger partial charge in [-0.05, 0) is 13.0 Å². The predicted octanol–water partition coefficient (Wildman–Crippen LogP) is -0.778. The lowest BCUT2D eigenvalue weighted by molar-refractivity contribution is -0.158. The van der Waals surface area contributed by atoms with Crippen LogP contribution in [0.4, 0.5) is 0 Å². The zero-order valence-electron chi connectivity index (χ0n) is 9.07. The summed E-state index contributed by atoms with van der Waals surface area (Å²) in [6.07, 6.45) is 0.625. The fourth-order valence-corrected chi connectivity index (χ4v) is 2.01. The van der Waals surface area contributed by atoms with Gasteiger partial charge in [0.25, 0.3) is 5.91 Å². The third-order valence-corrected chi connectivity index (χ3v) is 3.02. The van der Waals surface area contributed by atoms with Crippen molar-refractivity contribution in [1.29, 1.82) is 0 Å². The quantitative estimate of drug-likeness (QED) is 0.655. The van der Waals surface area contributed by atoms with Gasteiger partial charge in [0.15, 0.2) is 6.10 Å². The molecule has 0 aliphatic carbocycles. The Bertz CT molecular complexity index is 223. The van der Waals surface area contributed by atoms with Gasteiger partial charge in [-0.3, -0.25) is 4.79 Å². The maximum Gasteiger partial charge on any atom is 0.254 e. The summed E-state index contributed by atoms with van der Waals surface area (Å²) in [5.41, 5.74) is 0. The number of likely N-dealkylation sites (N-methyl/N-ethyl adjacent to an activating group) is 1. The van der Waals surface area contributed by atoms with E-state index in [1.807, 2.05) is 7.05 Å². The molecule has 15 heavy (non-hydrogen) atoms. The molecule has 2 unspecified atom stereocenters. The summed E-state index contributed by atoms with van der Waals surface area (Å²) in [4.78, 5) is 13.8. The Morgan fingerprint density at radius 1 is 1.47 bits per heavy atom. The van der Waals surface area contributed by atoms with Crippen LogP contribution in [0.25, 0.3) is 0 Å². The SMILES string of the molecule is CN(C(=O)C1COCCO1)C1CCNC1. The van der Waals surface area contributed by atoms with Crippen LogP contribution in [0.3, 0.4) is 0 Å². The summed E-state index contributed by atoms with van der Waals surface area (Å²) >= 11 is 0. The lowest BCUT2D eigenvalue weighted by Crippen LogP contribution is -2.48. The van der Waals surface area contributed by atoms with E-state index in [9.17, 15) is 4.79 Å². The van der Waals surface area contributed by atoms with Gasteiger partial charge in [0.2, 0.25) is 0 Å². The molecule has 2 saturated heterocycles. The molecule has 1 N–H and O–H groups in total. The normalized spacial score (nSPS) is 31.5. The number of carbonyl (C=O) groups excluding carboxylic acids is 1. The molecular formula is C10H18N2O3. The average molecular weight is 214 g/mol. The Morgan fingerprint density at radius 2 is 2.33 bits per heavy atom. The second-order valence-corrected chi connectivity index (χ2v) is 4.03. The smallest absolute Gasteiger partial charge is 0.254 e. The lowest BCUT2D eigenvalue weighted by Gasteiger charge is -2.30. The molecule has 0 bridgehead atoms. The number of nitrogens with zero attached hydrogens (tertiary/aromatic N) is 1. The van der Waals surface area contributed by atoms with Crippen LogP contribution in [0.1, 0.15) is 6.42 Å². The first-order chi connectivity index (χ1) is 7.29. The van der Waals surface area contributed by atoms with Crippen LogP contribution in [0.2, 0.25) is 0 Å². The molecule has 2 aliphatic heterocycles. The first-order valence-electron chi connectivity index (χ1n) is 5.46. The summed E-state index contributed by atoms with van der Waals surface area (Å²) < 4.78 is 10.6. The van der Waals surface area contributed by atoms with E-state index in [1.54, 1.807) is 4.90 Å². The van der Waals surface area contributed by atoms with E-state index in [0.29, 0.717) is 25.9 Å². The maximum absolute atomic E-state index is 12.0. The number of nitrogens with one attached hydrogen (secondary N) is 1. The van der Waals surface area contributed by atoms with Crippen LogP contribution in [0, 0.1) is 0 Å². The van der Waals surface area contributed by atoms with Gasteiger partial charge in [0.05, 0.1) is 19.8 Å². The van der Waals surface area contributed by atoms with Crippen LogP contribution in [-0.4, -0.2) is 62.9 Å². The highest BCUT2D eigenvalue weighted by atomic mass is 16.6. The van der Waals surface area contributed by atoms with Gasteiger partial charge < -0.3 is 19.7 Å². The monoisotopic (exact) mass is 214 g/mol. The van der Waals surface area contributed by atoms with Gasteiger partial charge in [-0.15, -0.1) is 0 Å². The summed E-state index contributed by atoms with van der Waals surface area (Å²) in [6, 6.07) is 0.308. The van der Waals surface area contributed by atoms with Crippen LogP contribution in [0.15, 0.2) is 0 Å². The standard InChI is InChI=1S/C10H18N2O3/c1-12(8-2-3-11-6-8)10(13)9-7-14-4-5-15-9/h8-9,11H,2-7H2,1H3. The van der Waals surface area contributed by atoms with Crippen molar-refractivity contribution in [2.75, 3.05) is 40.0 Å². The minimum Gasteiger partial charge on any atom is -0.376 e. The predicted molar refractivity (Wildman–Crippen MR) is 54.6 cm³/mol. The van der Waals surface area contributed by atoms with E-state index >= 15 is 0 Å². The highest BCUT2D eigenvalue weighted by molar-refractivity contribution is 5.81. The van der Waals surface area contributed by atoms with Gasteiger partial charge in [-0.1, -0.05) is 0 Å². The Morgan fingerprint density at radius 3 is 2.93 bits per heavy atom. The number of carbonyl (C=O) groups is 1. The van der Waals surface area contributed by atoms with E-state index in [2.05, 4.69) is 5.32 Å². The van der Waals surface area contributed by atoms with Crippen molar-refractivity contribution < 1.29 is 14.3 Å². The van der Waals surface area contributed by atoms with Gasteiger partial charge in [-0.25, -0.2) is 0 Å². The van der Waals surface area contributed by atoms with E-state index < -0.39 is 6.10 Å². The Balaban J connectivity index is 1.87. The molecule has 0 aromatic heterocycles. The zero-order valence-corrected chi connectivity index (χ0v) is 9.07. The molecule has 2 aliphatic rings. The molecule has 0 aromatic rings. The second kappa shape index (κ2) is 4.92.